The highest BCUT2D eigenvalue weighted by atomic mass is 28.4. The van der Waals surface area contributed by atoms with Crippen LogP contribution in [0.15, 0.2) is 0 Å². The van der Waals surface area contributed by atoms with E-state index < -0.39 is 55.4 Å². The zero-order chi connectivity index (χ0) is 22.3. The average Bonchev–Trinajstić information content (AvgIpc) is 2.78. The SMILES string of the molecule is COC(=O)[C@@H]([C@@H](O[Si](C)(C)C(C)(C)C)[C@H]1COC(C)(C)N1C(=O)O)C(F)(F)F. The van der Waals surface area contributed by atoms with Crippen molar-refractivity contribution >= 4 is 20.4 Å². The number of esters is 1. The number of ether oxygens (including phenoxy) is 2. The molecule has 1 fully saturated rings. The third kappa shape index (κ3) is 4.98. The second kappa shape index (κ2) is 7.83. The maximum atomic E-state index is 13.9. The lowest BCUT2D eigenvalue weighted by Gasteiger charge is -2.44. The van der Waals surface area contributed by atoms with E-state index in [2.05, 4.69) is 4.74 Å². The van der Waals surface area contributed by atoms with E-state index in [1.807, 2.05) is 20.8 Å². The molecule has 3 atom stereocenters. The van der Waals surface area contributed by atoms with E-state index in [4.69, 9.17) is 9.16 Å². The molecule has 0 aromatic heterocycles. The minimum atomic E-state index is -4.99. The van der Waals surface area contributed by atoms with Crippen molar-refractivity contribution in [2.45, 2.75) is 76.8 Å². The topological polar surface area (TPSA) is 85.3 Å². The fourth-order valence-corrected chi connectivity index (χ4v) is 4.24. The van der Waals surface area contributed by atoms with Gasteiger partial charge in [-0.1, -0.05) is 20.8 Å². The van der Waals surface area contributed by atoms with Crippen LogP contribution >= 0.6 is 0 Å². The lowest BCUT2D eigenvalue weighted by atomic mass is 9.94. The van der Waals surface area contributed by atoms with Crippen molar-refractivity contribution in [1.82, 2.24) is 4.90 Å². The summed E-state index contributed by atoms with van der Waals surface area (Å²) in [4.78, 5) is 24.7. The third-order valence-corrected chi connectivity index (χ3v) is 9.95. The Morgan fingerprint density at radius 3 is 2.11 bits per heavy atom. The second-order valence-corrected chi connectivity index (χ2v) is 13.6. The van der Waals surface area contributed by atoms with Crippen LogP contribution < -0.4 is 0 Å². The Bertz CT molecular complexity index is 603. The summed E-state index contributed by atoms with van der Waals surface area (Å²) in [5, 5.41) is 9.14. The van der Waals surface area contributed by atoms with E-state index in [1.54, 1.807) is 13.1 Å². The lowest BCUT2D eigenvalue weighted by Crippen LogP contribution is -2.60. The van der Waals surface area contributed by atoms with Gasteiger partial charge in [-0.05, 0) is 32.0 Å². The third-order valence-electron chi connectivity index (χ3n) is 5.48. The van der Waals surface area contributed by atoms with Crippen molar-refractivity contribution in [2.24, 2.45) is 5.92 Å². The van der Waals surface area contributed by atoms with Gasteiger partial charge in [-0.25, -0.2) is 4.79 Å². The highest BCUT2D eigenvalue weighted by molar-refractivity contribution is 6.74. The lowest BCUT2D eigenvalue weighted by molar-refractivity contribution is -0.216. The van der Waals surface area contributed by atoms with Gasteiger partial charge < -0.3 is 19.0 Å². The molecule has 0 aromatic rings. The van der Waals surface area contributed by atoms with Crippen LogP contribution in [0.3, 0.4) is 0 Å². The van der Waals surface area contributed by atoms with E-state index in [9.17, 15) is 27.9 Å². The average molecular weight is 430 g/mol. The van der Waals surface area contributed by atoms with Crippen molar-refractivity contribution in [1.29, 1.82) is 0 Å². The molecular formula is C17H30F3NO6Si. The Balaban J connectivity index is 3.55. The number of halogens is 3. The van der Waals surface area contributed by atoms with Gasteiger partial charge in [0, 0.05) is 0 Å². The first kappa shape index (κ1) is 24.7. The standard InChI is InChI=1S/C17H30F3NO6Si/c1-15(2,3)28(7,8)27-12(11(13(22)25-6)17(18,19)20)10-9-26-16(4,5)21(10)14(23)24/h10-12H,9H2,1-8H3,(H,23,24)/t10-,11-,12+/m1/s1. The van der Waals surface area contributed by atoms with Gasteiger partial charge in [-0.3, -0.25) is 9.69 Å². The fraction of sp³-hybridized carbons (Fsp3) is 0.882. The Hall–Kier alpha value is -1.33. The zero-order valence-corrected chi connectivity index (χ0v) is 18.5. The number of carbonyl (C=O) groups is 2. The largest absolute Gasteiger partial charge is 0.468 e. The van der Waals surface area contributed by atoms with E-state index in [0.29, 0.717) is 0 Å². The summed E-state index contributed by atoms with van der Waals surface area (Å²) in [7, 11) is -1.97. The number of alkyl halides is 3. The molecule has 0 bridgehead atoms. The van der Waals surface area contributed by atoms with Crippen molar-refractivity contribution in [2.75, 3.05) is 13.7 Å². The molecule has 0 radical (unpaired) electrons. The van der Waals surface area contributed by atoms with Crippen LogP contribution in [0, 0.1) is 5.92 Å². The number of carboxylic acid groups (broad SMARTS) is 1. The Labute approximate surface area is 164 Å². The van der Waals surface area contributed by atoms with Gasteiger partial charge in [0.15, 0.2) is 14.2 Å². The molecule has 1 aliphatic rings. The quantitative estimate of drug-likeness (QED) is 0.528. The molecule has 1 heterocycles. The van der Waals surface area contributed by atoms with Crippen LogP contribution in [-0.4, -0.2) is 68.2 Å². The van der Waals surface area contributed by atoms with Crippen LogP contribution in [0.25, 0.3) is 0 Å². The Morgan fingerprint density at radius 1 is 1.25 bits per heavy atom. The molecule has 0 spiro atoms. The first-order valence-electron chi connectivity index (χ1n) is 8.85. The van der Waals surface area contributed by atoms with Crippen LogP contribution in [-0.2, 0) is 18.7 Å². The number of rotatable bonds is 5. The Kier molecular flexibility index (Phi) is 6.91. The van der Waals surface area contributed by atoms with E-state index >= 15 is 0 Å². The maximum Gasteiger partial charge on any atom is 0.409 e. The first-order chi connectivity index (χ1) is 12.4. The van der Waals surface area contributed by atoms with Gasteiger partial charge >= 0.3 is 18.2 Å². The highest BCUT2D eigenvalue weighted by Gasteiger charge is 2.60. The number of hydrogen-bond acceptors (Lipinski definition) is 5. The van der Waals surface area contributed by atoms with Gasteiger partial charge in [-0.2, -0.15) is 13.2 Å². The van der Waals surface area contributed by atoms with Crippen LogP contribution in [0.1, 0.15) is 34.6 Å². The van der Waals surface area contributed by atoms with Gasteiger partial charge in [0.25, 0.3) is 0 Å². The van der Waals surface area contributed by atoms with E-state index in [0.717, 1.165) is 12.0 Å². The molecule has 1 aliphatic heterocycles. The molecule has 1 rings (SSSR count). The van der Waals surface area contributed by atoms with Crippen molar-refractivity contribution in [3.63, 3.8) is 0 Å². The maximum absolute atomic E-state index is 13.9. The number of carbonyl (C=O) groups excluding carboxylic acids is 1. The molecule has 1 N–H and O–H groups in total. The van der Waals surface area contributed by atoms with E-state index in [-0.39, 0.29) is 6.61 Å². The van der Waals surface area contributed by atoms with Crippen LogP contribution in [0.2, 0.25) is 18.1 Å². The molecule has 11 heteroatoms. The van der Waals surface area contributed by atoms with Gasteiger partial charge in [0.1, 0.15) is 5.72 Å². The van der Waals surface area contributed by atoms with Gasteiger partial charge in [0.05, 0.1) is 25.9 Å². The summed E-state index contributed by atoms with van der Waals surface area (Å²) in [5.74, 6) is -4.16. The number of amides is 1. The smallest absolute Gasteiger partial charge is 0.409 e. The summed E-state index contributed by atoms with van der Waals surface area (Å²) < 4.78 is 57.5. The summed E-state index contributed by atoms with van der Waals surface area (Å²) in [6.45, 7) is 11.5. The molecule has 164 valence electrons. The van der Waals surface area contributed by atoms with Crippen LogP contribution in [0.5, 0.6) is 0 Å². The fourth-order valence-electron chi connectivity index (χ4n) is 2.91. The van der Waals surface area contributed by atoms with E-state index in [1.165, 1.54) is 13.8 Å². The molecule has 0 aromatic carbocycles. The van der Waals surface area contributed by atoms with Gasteiger partial charge in [0.2, 0.25) is 0 Å². The van der Waals surface area contributed by atoms with Crippen molar-refractivity contribution in [3.8, 4) is 0 Å². The summed E-state index contributed by atoms with van der Waals surface area (Å²) in [6, 6.07) is -1.33. The summed E-state index contributed by atoms with van der Waals surface area (Å²) >= 11 is 0. The van der Waals surface area contributed by atoms with Crippen molar-refractivity contribution in [3.05, 3.63) is 0 Å². The minimum Gasteiger partial charge on any atom is -0.468 e. The van der Waals surface area contributed by atoms with Crippen molar-refractivity contribution < 1.29 is 41.8 Å². The monoisotopic (exact) mass is 429 g/mol. The normalized spacial score (nSPS) is 22.7. The molecule has 0 aliphatic carbocycles. The zero-order valence-electron chi connectivity index (χ0n) is 17.5. The molecule has 7 nitrogen and oxygen atoms in total. The molecular weight excluding hydrogens is 399 g/mol. The highest BCUT2D eigenvalue weighted by Crippen LogP contribution is 2.44. The first-order valence-corrected chi connectivity index (χ1v) is 11.8. The summed E-state index contributed by atoms with van der Waals surface area (Å²) in [5.41, 5.74) is -1.36. The summed E-state index contributed by atoms with van der Waals surface area (Å²) in [6.07, 6.45) is -8.25. The number of hydrogen-bond donors (Lipinski definition) is 1. The Morgan fingerprint density at radius 2 is 1.75 bits per heavy atom. The minimum absolute atomic E-state index is 0.331. The molecule has 1 amide bonds. The van der Waals surface area contributed by atoms with Crippen LogP contribution in [0.4, 0.5) is 18.0 Å². The molecule has 0 saturated carbocycles. The molecule has 0 unspecified atom stereocenters. The molecule has 1 saturated heterocycles. The second-order valence-electron chi connectivity index (χ2n) is 8.86. The molecule has 28 heavy (non-hydrogen) atoms. The number of methoxy groups -OCH3 is 1. The predicted molar refractivity (Wildman–Crippen MR) is 97.3 cm³/mol. The number of nitrogens with zero attached hydrogens (tertiary/aromatic N) is 1. The predicted octanol–water partition coefficient (Wildman–Crippen LogP) is 3.84. The van der Waals surface area contributed by atoms with Gasteiger partial charge in [-0.15, -0.1) is 0 Å².